The molecule has 6 heteroatoms. The van der Waals surface area contributed by atoms with Crippen LogP contribution in [0.4, 0.5) is 5.82 Å². The fourth-order valence-electron chi connectivity index (χ4n) is 1.88. The highest BCUT2D eigenvalue weighted by Gasteiger charge is 2.10. The molecule has 0 radical (unpaired) electrons. The highest BCUT2D eigenvalue weighted by Crippen LogP contribution is 2.16. The molecule has 2 aromatic rings. The number of nitrogens with one attached hydrogen (secondary N) is 1. The quantitative estimate of drug-likeness (QED) is 0.884. The second kappa shape index (κ2) is 6.90. The zero-order valence-corrected chi connectivity index (χ0v) is 12.4. The van der Waals surface area contributed by atoms with Gasteiger partial charge >= 0.3 is 0 Å². The fourth-order valence-corrected chi connectivity index (χ4v) is 1.88. The third-order valence-electron chi connectivity index (χ3n) is 2.79. The van der Waals surface area contributed by atoms with E-state index < -0.39 is 0 Å². The van der Waals surface area contributed by atoms with Crippen molar-refractivity contribution >= 4 is 11.7 Å². The monoisotopic (exact) mass is 289 g/mol. The molecule has 1 N–H and O–H groups in total. The first-order valence-electron chi connectivity index (χ1n) is 6.65. The van der Waals surface area contributed by atoms with Crippen molar-refractivity contribution in [2.75, 3.05) is 19.0 Å². The van der Waals surface area contributed by atoms with Crippen LogP contribution in [0.2, 0.25) is 0 Å². The number of amides is 1. The Morgan fingerprint density at radius 3 is 2.90 bits per heavy atom. The van der Waals surface area contributed by atoms with Crippen molar-refractivity contribution in [1.29, 1.82) is 0 Å². The first kappa shape index (κ1) is 15.1. The van der Waals surface area contributed by atoms with Gasteiger partial charge in [0.25, 0.3) is 5.91 Å². The molecule has 1 unspecified atom stereocenters. The second-order valence-corrected chi connectivity index (χ2v) is 4.74. The smallest absolute Gasteiger partial charge is 0.256 e. The lowest BCUT2D eigenvalue weighted by Gasteiger charge is -2.14. The average Bonchev–Trinajstić information content (AvgIpc) is 2.84. The van der Waals surface area contributed by atoms with E-state index >= 15 is 0 Å². The number of ether oxygens (including phenoxy) is 2. The van der Waals surface area contributed by atoms with Crippen molar-refractivity contribution in [1.82, 2.24) is 9.78 Å². The van der Waals surface area contributed by atoms with Crippen molar-refractivity contribution < 1.29 is 14.3 Å². The van der Waals surface area contributed by atoms with Crippen molar-refractivity contribution in [3.05, 3.63) is 42.1 Å². The number of methoxy groups -OCH3 is 1. The molecule has 0 saturated heterocycles. The van der Waals surface area contributed by atoms with Gasteiger partial charge in [0, 0.05) is 32.0 Å². The van der Waals surface area contributed by atoms with E-state index in [0.29, 0.717) is 23.7 Å². The van der Waals surface area contributed by atoms with Gasteiger partial charge < -0.3 is 14.8 Å². The predicted octanol–water partition coefficient (Wildman–Crippen LogP) is 2.09. The highest BCUT2D eigenvalue weighted by atomic mass is 16.5. The number of aryl methyl sites for hydroxylation is 1. The van der Waals surface area contributed by atoms with Crippen LogP contribution in [-0.4, -0.2) is 35.5 Å². The van der Waals surface area contributed by atoms with Crippen LogP contribution in [0.5, 0.6) is 5.75 Å². The topological polar surface area (TPSA) is 65.4 Å². The van der Waals surface area contributed by atoms with E-state index in [1.807, 2.05) is 13.0 Å². The Balaban J connectivity index is 2.04. The Hall–Kier alpha value is -2.34. The maximum absolute atomic E-state index is 12.1. The largest absolute Gasteiger partial charge is 0.488 e. The summed E-state index contributed by atoms with van der Waals surface area (Å²) in [5, 5.41) is 6.84. The van der Waals surface area contributed by atoms with Gasteiger partial charge in [0.2, 0.25) is 0 Å². The molecule has 112 valence electrons. The van der Waals surface area contributed by atoms with Crippen LogP contribution in [0.25, 0.3) is 0 Å². The Labute approximate surface area is 123 Å². The third-order valence-corrected chi connectivity index (χ3v) is 2.79. The molecular formula is C15H19N3O3. The van der Waals surface area contributed by atoms with Gasteiger partial charge in [-0.3, -0.25) is 9.48 Å². The maximum atomic E-state index is 12.1. The van der Waals surface area contributed by atoms with E-state index in [9.17, 15) is 4.79 Å². The van der Waals surface area contributed by atoms with E-state index in [-0.39, 0.29) is 12.0 Å². The highest BCUT2D eigenvalue weighted by molar-refractivity contribution is 6.03. The third kappa shape index (κ3) is 4.32. The number of rotatable bonds is 6. The van der Waals surface area contributed by atoms with Gasteiger partial charge in [0.05, 0.1) is 6.61 Å². The molecular weight excluding hydrogens is 270 g/mol. The Kier molecular flexibility index (Phi) is 4.94. The number of anilines is 1. The molecule has 21 heavy (non-hydrogen) atoms. The molecule has 0 fully saturated rings. The molecule has 0 aliphatic rings. The summed E-state index contributed by atoms with van der Waals surface area (Å²) in [4.78, 5) is 12.1. The van der Waals surface area contributed by atoms with Crippen molar-refractivity contribution in [3.8, 4) is 5.75 Å². The van der Waals surface area contributed by atoms with Crippen LogP contribution in [0.15, 0.2) is 36.5 Å². The van der Waals surface area contributed by atoms with Crippen LogP contribution in [0.1, 0.15) is 17.3 Å². The lowest BCUT2D eigenvalue weighted by molar-refractivity contribution is 0.0917. The minimum absolute atomic E-state index is 0.0795. The van der Waals surface area contributed by atoms with Gasteiger partial charge in [-0.25, -0.2) is 0 Å². The Morgan fingerprint density at radius 1 is 1.43 bits per heavy atom. The average molecular weight is 289 g/mol. The molecule has 1 amide bonds. The number of hydrogen-bond acceptors (Lipinski definition) is 4. The summed E-state index contributed by atoms with van der Waals surface area (Å²) in [6, 6.07) is 8.75. The van der Waals surface area contributed by atoms with Crippen molar-refractivity contribution in [3.63, 3.8) is 0 Å². The Morgan fingerprint density at radius 2 is 2.24 bits per heavy atom. The van der Waals surface area contributed by atoms with Crippen molar-refractivity contribution in [2.24, 2.45) is 7.05 Å². The molecule has 1 aromatic heterocycles. The molecule has 1 atom stereocenters. The van der Waals surface area contributed by atoms with Gasteiger partial charge in [-0.2, -0.15) is 5.10 Å². The van der Waals surface area contributed by atoms with E-state index in [2.05, 4.69) is 10.4 Å². The van der Waals surface area contributed by atoms with Crippen LogP contribution in [-0.2, 0) is 11.8 Å². The van der Waals surface area contributed by atoms with E-state index in [1.165, 1.54) is 0 Å². The molecule has 2 rings (SSSR count). The number of aromatic nitrogens is 2. The lowest BCUT2D eigenvalue weighted by Crippen LogP contribution is -2.18. The summed E-state index contributed by atoms with van der Waals surface area (Å²) in [5.74, 6) is 0.924. The number of hydrogen-bond donors (Lipinski definition) is 1. The molecule has 0 spiro atoms. The van der Waals surface area contributed by atoms with Gasteiger partial charge in [-0.05, 0) is 25.1 Å². The van der Waals surface area contributed by atoms with Crippen LogP contribution in [0, 0.1) is 0 Å². The summed E-state index contributed by atoms with van der Waals surface area (Å²) >= 11 is 0. The SMILES string of the molecule is COCC(C)Oc1cccc(C(=O)Nc2ccn(C)n2)c1. The van der Waals surface area contributed by atoms with Crippen LogP contribution >= 0.6 is 0 Å². The van der Waals surface area contributed by atoms with Gasteiger partial charge in [-0.1, -0.05) is 6.07 Å². The minimum Gasteiger partial charge on any atom is -0.488 e. The second-order valence-electron chi connectivity index (χ2n) is 4.74. The number of nitrogens with zero attached hydrogens (tertiary/aromatic N) is 2. The summed E-state index contributed by atoms with van der Waals surface area (Å²) in [6.07, 6.45) is 1.69. The zero-order valence-electron chi connectivity index (χ0n) is 12.4. The molecule has 1 aromatic carbocycles. The van der Waals surface area contributed by atoms with Crippen molar-refractivity contribution in [2.45, 2.75) is 13.0 Å². The number of carbonyl (C=O) groups excluding carboxylic acids is 1. The standard InChI is InChI=1S/C15H19N3O3/c1-11(10-20-3)21-13-6-4-5-12(9-13)15(19)16-14-7-8-18(2)17-14/h4-9,11H,10H2,1-3H3,(H,16,17,19). The summed E-state index contributed by atoms with van der Waals surface area (Å²) in [6.45, 7) is 2.40. The first-order chi connectivity index (χ1) is 10.1. The maximum Gasteiger partial charge on any atom is 0.256 e. The molecule has 6 nitrogen and oxygen atoms in total. The summed E-state index contributed by atoms with van der Waals surface area (Å²) < 4.78 is 12.3. The minimum atomic E-state index is -0.224. The summed E-state index contributed by atoms with van der Waals surface area (Å²) in [7, 11) is 3.41. The van der Waals surface area contributed by atoms with Crippen LogP contribution < -0.4 is 10.1 Å². The Bertz CT molecular complexity index is 610. The molecule has 0 aliphatic carbocycles. The zero-order chi connectivity index (χ0) is 15.2. The predicted molar refractivity (Wildman–Crippen MR) is 79.6 cm³/mol. The van der Waals surface area contributed by atoms with E-state index in [4.69, 9.17) is 9.47 Å². The van der Waals surface area contributed by atoms with Gasteiger partial charge in [0.1, 0.15) is 11.9 Å². The molecule has 1 heterocycles. The normalized spacial score (nSPS) is 12.0. The van der Waals surface area contributed by atoms with E-state index in [0.717, 1.165) is 0 Å². The molecule has 0 saturated carbocycles. The number of carbonyl (C=O) groups is 1. The molecule has 0 aliphatic heterocycles. The number of benzene rings is 1. The first-order valence-corrected chi connectivity index (χ1v) is 6.65. The van der Waals surface area contributed by atoms with E-state index in [1.54, 1.807) is 49.3 Å². The lowest BCUT2D eigenvalue weighted by atomic mass is 10.2. The molecule has 0 bridgehead atoms. The van der Waals surface area contributed by atoms with Gasteiger partial charge in [-0.15, -0.1) is 0 Å². The fraction of sp³-hybridized carbons (Fsp3) is 0.333. The van der Waals surface area contributed by atoms with Crippen LogP contribution in [0.3, 0.4) is 0 Å². The van der Waals surface area contributed by atoms with Gasteiger partial charge in [0.15, 0.2) is 5.82 Å². The summed E-state index contributed by atoms with van der Waals surface area (Å²) in [5.41, 5.74) is 0.516.